The van der Waals surface area contributed by atoms with Crippen LogP contribution in [-0.2, 0) is 6.54 Å². The van der Waals surface area contributed by atoms with Crippen LogP contribution < -0.4 is 11.2 Å². The minimum Gasteiger partial charge on any atom is -0.274 e. The van der Waals surface area contributed by atoms with Crippen molar-refractivity contribution in [3.05, 3.63) is 109 Å². The Morgan fingerprint density at radius 3 is 2.00 bits per heavy atom. The molecule has 2 amide bonds. The summed E-state index contributed by atoms with van der Waals surface area (Å²) >= 11 is 1.49. The minimum absolute atomic E-state index is 0.191. The zero-order chi connectivity index (χ0) is 25.4. The number of carbonyl (C=O) groups is 2. The van der Waals surface area contributed by atoms with E-state index in [1.165, 1.54) is 26.9 Å². The van der Waals surface area contributed by atoms with Crippen molar-refractivity contribution in [3.63, 3.8) is 0 Å². The molecule has 0 atom stereocenters. The molecule has 8 heteroatoms. The molecule has 3 heterocycles. The maximum atomic E-state index is 13.6. The van der Waals surface area contributed by atoms with Crippen molar-refractivity contribution in [2.24, 2.45) is 0 Å². The number of benzene rings is 2. The topological polar surface area (TPSA) is 81.4 Å². The summed E-state index contributed by atoms with van der Waals surface area (Å²) in [5.41, 5.74) is 3.44. The molecule has 36 heavy (non-hydrogen) atoms. The zero-order valence-corrected chi connectivity index (χ0v) is 20.9. The molecule has 2 aromatic heterocycles. The van der Waals surface area contributed by atoms with E-state index in [1.54, 1.807) is 28.8 Å². The van der Waals surface area contributed by atoms with E-state index < -0.39 is 5.69 Å². The molecule has 1 aliphatic rings. The van der Waals surface area contributed by atoms with Crippen LogP contribution in [0.1, 0.15) is 44.7 Å². The zero-order valence-electron chi connectivity index (χ0n) is 20.1. The molecule has 7 nitrogen and oxygen atoms in total. The van der Waals surface area contributed by atoms with Gasteiger partial charge in [-0.2, -0.15) is 0 Å². The first-order valence-electron chi connectivity index (χ1n) is 11.8. The quantitative estimate of drug-likeness (QED) is 0.278. The number of fused-ring (bicyclic) bond motifs is 1. The average Bonchev–Trinajstić information content (AvgIpc) is 3.40. The highest BCUT2D eigenvalue weighted by Crippen LogP contribution is 2.27. The van der Waals surface area contributed by atoms with Crippen molar-refractivity contribution >= 4 is 23.2 Å². The molecule has 0 spiro atoms. The molecule has 2 aromatic carbocycles. The summed E-state index contributed by atoms with van der Waals surface area (Å²) < 4.78 is 2.81. The third-order valence-corrected chi connectivity index (χ3v) is 7.43. The van der Waals surface area contributed by atoms with Crippen LogP contribution >= 0.6 is 11.3 Å². The lowest BCUT2D eigenvalue weighted by Gasteiger charge is -2.16. The second-order valence-electron chi connectivity index (χ2n) is 8.98. The van der Waals surface area contributed by atoms with Crippen LogP contribution in [-0.4, -0.2) is 32.4 Å². The Morgan fingerprint density at radius 2 is 1.39 bits per heavy atom. The van der Waals surface area contributed by atoms with E-state index in [-0.39, 0.29) is 30.5 Å². The predicted octanol–water partition coefficient (Wildman–Crippen LogP) is 4.42. The number of nitrogens with zero attached hydrogens (tertiary/aromatic N) is 3. The first-order chi connectivity index (χ1) is 17.3. The Morgan fingerprint density at radius 1 is 0.750 bits per heavy atom. The first-order valence-corrected chi connectivity index (χ1v) is 12.7. The maximum absolute atomic E-state index is 13.6. The van der Waals surface area contributed by atoms with Crippen LogP contribution in [0.15, 0.2) is 75.6 Å². The Balaban J connectivity index is 1.39. The molecule has 0 saturated heterocycles. The molecule has 182 valence electrons. The fraction of sp³-hybridized carbons (Fsp3) is 0.214. The smallest absolute Gasteiger partial charge is 0.274 e. The summed E-state index contributed by atoms with van der Waals surface area (Å²) in [5.74, 6) is -0.602. The number of unbranched alkanes of at least 4 members (excludes halogenated alkanes) is 1. The fourth-order valence-electron chi connectivity index (χ4n) is 4.46. The van der Waals surface area contributed by atoms with Gasteiger partial charge in [-0.25, -0.2) is 4.79 Å². The predicted molar refractivity (Wildman–Crippen MR) is 140 cm³/mol. The maximum Gasteiger partial charge on any atom is 0.336 e. The van der Waals surface area contributed by atoms with Gasteiger partial charge in [-0.15, -0.1) is 11.3 Å². The van der Waals surface area contributed by atoms with Crippen molar-refractivity contribution in [3.8, 4) is 16.3 Å². The van der Waals surface area contributed by atoms with Gasteiger partial charge >= 0.3 is 5.69 Å². The summed E-state index contributed by atoms with van der Waals surface area (Å²) in [7, 11) is 0. The second kappa shape index (κ2) is 9.54. The van der Waals surface area contributed by atoms with E-state index in [2.05, 4.69) is 0 Å². The summed E-state index contributed by atoms with van der Waals surface area (Å²) in [4.78, 5) is 53.8. The third kappa shape index (κ3) is 4.24. The SMILES string of the molecule is Cc1ccc(-n2c(-c3cc(C)cs3)cc(=O)n(CCCCN3C(=O)c4ccccc4C3=O)c2=O)cc1. The van der Waals surface area contributed by atoms with Crippen LogP contribution in [0.4, 0.5) is 0 Å². The molecule has 0 bridgehead atoms. The molecule has 0 radical (unpaired) electrons. The lowest BCUT2D eigenvalue weighted by molar-refractivity contribution is 0.0651. The minimum atomic E-state index is -0.409. The van der Waals surface area contributed by atoms with Crippen LogP contribution in [0.5, 0.6) is 0 Å². The first kappa shape index (κ1) is 23.7. The number of thiophene rings is 1. The number of hydrogen-bond acceptors (Lipinski definition) is 5. The normalized spacial score (nSPS) is 12.9. The number of hydrogen-bond donors (Lipinski definition) is 0. The highest BCUT2D eigenvalue weighted by Gasteiger charge is 2.34. The van der Waals surface area contributed by atoms with Gasteiger partial charge in [0, 0.05) is 19.2 Å². The number of aromatic nitrogens is 2. The van der Waals surface area contributed by atoms with Gasteiger partial charge in [0.2, 0.25) is 0 Å². The molecular weight excluding hydrogens is 474 g/mol. The van der Waals surface area contributed by atoms with Gasteiger partial charge in [-0.3, -0.25) is 28.4 Å². The molecule has 1 aliphatic heterocycles. The van der Waals surface area contributed by atoms with Gasteiger partial charge in [0.15, 0.2) is 0 Å². The average molecular weight is 500 g/mol. The van der Waals surface area contributed by atoms with Gasteiger partial charge in [0.05, 0.1) is 27.4 Å². The van der Waals surface area contributed by atoms with Gasteiger partial charge in [-0.05, 0) is 68.0 Å². The Kier molecular flexibility index (Phi) is 6.28. The molecule has 0 fully saturated rings. The highest BCUT2D eigenvalue weighted by atomic mass is 32.1. The number of aryl methyl sites for hydroxylation is 2. The fourth-order valence-corrected chi connectivity index (χ4v) is 5.36. The number of imide groups is 1. The van der Waals surface area contributed by atoms with Crippen LogP contribution in [0, 0.1) is 13.8 Å². The molecule has 0 N–H and O–H groups in total. The summed E-state index contributed by atoms with van der Waals surface area (Å²) in [6.45, 7) is 4.38. The Labute approximate surface area is 211 Å². The van der Waals surface area contributed by atoms with Gasteiger partial charge in [0.25, 0.3) is 17.4 Å². The van der Waals surface area contributed by atoms with E-state index in [1.807, 2.05) is 49.6 Å². The van der Waals surface area contributed by atoms with E-state index in [4.69, 9.17) is 0 Å². The Hall–Kier alpha value is -4.04. The summed E-state index contributed by atoms with van der Waals surface area (Å²) in [5, 5.41) is 1.99. The molecule has 0 aliphatic carbocycles. The van der Waals surface area contributed by atoms with Crippen molar-refractivity contribution < 1.29 is 9.59 Å². The van der Waals surface area contributed by atoms with E-state index in [0.717, 1.165) is 16.0 Å². The summed E-state index contributed by atoms with van der Waals surface area (Å²) in [6.07, 6.45) is 0.946. The number of carbonyl (C=O) groups excluding carboxylic acids is 2. The third-order valence-electron chi connectivity index (χ3n) is 6.36. The van der Waals surface area contributed by atoms with E-state index in [9.17, 15) is 19.2 Å². The second-order valence-corrected chi connectivity index (χ2v) is 9.89. The Bertz CT molecular complexity index is 1560. The van der Waals surface area contributed by atoms with Crippen LogP contribution in [0.25, 0.3) is 16.3 Å². The highest BCUT2D eigenvalue weighted by molar-refractivity contribution is 7.13. The van der Waals surface area contributed by atoms with Crippen molar-refractivity contribution in [1.29, 1.82) is 0 Å². The summed E-state index contributed by atoms with van der Waals surface area (Å²) in [6, 6.07) is 17.9. The standard InChI is InChI=1S/C28H25N3O4S/c1-18-9-11-20(12-10-18)31-23(24-15-19(2)17-36-24)16-25(32)29(28(31)35)13-5-6-14-30-26(33)21-7-3-4-8-22(21)27(30)34/h3-4,7-12,15-17H,5-6,13-14H2,1-2H3. The van der Waals surface area contributed by atoms with Crippen LogP contribution in [0.2, 0.25) is 0 Å². The number of amides is 2. The molecule has 4 aromatic rings. The molecule has 0 unspecified atom stereocenters. The molecule has 0 saturated carbocycles. The van der Waals surface area contributed by atoms with Crippen molar-refractivity contribution in [1.82, 2.24) is 14.0 Å². The molecule has 5 rings (SSSR count). The van der Waals surface area contributed by atoms with Crippen LogP contribution in [0.3, 0.4) is 0 Å². The number of rotatable bonds is 7. The van der Waals surface area contributed by atoms with Crippen molar-refractivity contribution in [2.45, 2.75) is 33.2 Å². The van der Waals surface area contributed by atoms with Gasteiger partial charge in [0.1, 0.15) is 0 Å². The van der Waals surface area contributed by atoms with E-state index >= 15 is 0 Å². The largest absolute Gasteiger partial charge is 0.336 e. The lowest BCUT2D eigenvalue weighted by atomic mass is 10.1. The monoisotopic (exact) mass is 499 g/mol. The van der Waals surface area contributed by atoms with Gasteiger partial charge in [-0.1, -0.05) is 29.8 Å². The van der Waals surface area contributed by atoms with Gasteiger partial charge < -0.3 is 0 Å². The van der Waals surface area contributed by atoms with Crippen molar-refractivity contribution in [2.75, 3.05) is 6.54 Å². The van der Waals surface area contributed by atoms with E-state index in [0.29, 0.717) is 35.3 Å². The lowest BCUT2D eigenvalue weighted by Crippen LogP contribution is -2.39. The molecular formula is C28H25N3O4S.